The van der Waals surface area contributed by atoms with Gasteiger partial charge in [0.25, 0.3) is 0 Å². The van der Waals surface area contributed by atoms with E-state index in [1.165, 1.54) is 11.8 Å². The number of benzene rings is 3. The number of nitrogens with zero attached hydrogens (tertiary/aromatic N) is 3. The third kappa shape index (κ3) is 4.51. The van der Waals surface area contributed by atoms with Gasteiger partial charge in [0.1, 0.15) is 16.8 Å². The van der Waals surface area contributed by atoms with Gasteiger partial charge in [0.05, 0.1) is 35.0 Å². The molecule has 1 aliphatic heterocycles. The van der Waals surface area contributed by atoms with Crippen LogP contribution in [0.2, 0.25) is 0 Å². The second-order valence-corrected chi connectivity index (χ2v) is 10.3. The molecule has 0 saturated carbocycles. The molecule has 172 valence electrons. The summed E-state index contributed by atoms with van der Waals surface area (Å²) in [5, 5.41) is 9.76. The van der Waals surface area contributed by atoms with Crippen molar-refractivity contribution in [3.8, 4) is 23.1 Å². The third-order valence-corrected chi connectivity index (χ3v) is 7.88. The summed E-state index contributed by atoms with van der Waals surface area (Å²) in [4.78, 5) is 22.4. The number of fused-ring (bicyclic) bond motifs is 2. The number of methoxy groups -OCH3 is 1. The number of hydrogen-bond acceptors (Lipinski definition) is 6. The predicted molar refractivity (Wildman–Crippen MR) is 140 cm³/mol. The Morgan fingerprint density at radius 3 is 2.20 bits per heavy atom. The SMILES string of the molecule is COc1ccc(-c2ccc(C#N)c(SC(C)C(=O)N3c4ccccc4Sc4ccccc43)n2)cc1. The Hall–Kier alpha value is -3.73. The first kappa shape index (κ1) is 23.0. The highest BCUT2D eigenvalue weighted by molar-refractivity contribution is 8.00. The summed E-state index contributed by atoms with van der Waals surface area (Å²) in [7, 11) is 1.62. The first-order valence-corrected chi connectivity index (χ1v) is 12.7. The standard InChI is InChI=1S/C28H21N3O2S2/c1-18(28(32)31-23-7-3-5-9-25(23)35-26-10-6-4-8-24(26)31)34-27-20(17-29)13-16-22(30-27)19-11-14-21(33-2)15-12-19/h3-16,18H,1-2H3. The maximum atomic E-state index is 13.8. The molecule has 4 aromatic rings. The second kappa shape index (κ2) is 9.87. The fourth-order valence-corrected chi connectivity index (χ4v) is 5.87. The number of aromatic nitrogens is 1. The topological polar surface area (TPSA) is 66.2 Å². The molecule has 1 unspecified atom stereocenters. The van der Waals surface area contributed by atoms with Gasteiger partial charge < -0.3 is 4.74 Å². The number of pyridine rings is 1. The number of para-hydroxylation sites is 2. The second-order valence-electron chi connectivity index (χ2n) is 7.86. The van der Waals surface area contributed by atoms with Crippen molar-refractivity contribution in [3.05, 3.63) is 90.5 Å². The van der Waals surface area contributed by atoms with Gasteiger partial charge in [-0.2, -0.15) is 5.26 Å². The molecule has 2 heterocycles. The molecule has 5 nitrogen and oxygen atoms in total. The van der Waals surface area contributed by atoms with Crippen LogP contribution in [0.25, 0.3) is 11.3 Å². The van der Waals surface area contributed by atoms with Gasteiger partial charge in [-0.3, -0.25) is 9.69 Å². The minimum atomic E-state index is -0.468. The van der Waals surface area contributed by atoms with Crippen LogP contribution in [0.3, 0.4) is 0 Å². The number of thioether (sulfide) groups is 1. The molecule has 0 N–H and O–H groups in total. The molecule has 0 aliphatic carbocycles. The molecule has 1 aromatic heterocycles. The molecule has 1 amide bonds. The zero-order valence-electron chi connectivity index (χ0n) is 19.1. The Labute approximate surface area is 212 Å². The lowest BCUT2D eigenvalue weighted by atomic mass is 10.1. The summed E-state index contributed by atoms with van der Waals surface area (Å²) in [6.07, 6.45) is 0. The van der Waals surface area contributed by atoms with E-state index < -0.39 is 5.25 Å². The molecular weight excluding hydrogens is 474 g/mol. The van der Waals surface area contributed by atoms with Crippen LogP contribution in [-0.2, 0) is 4.79 Å². The van der Waals surface area contributed by atoms with Crippen molar-refractivity contribution in [2.45, 2.75) is 27.0 Å². The number of carbonyl (C=O) groups excluding carboxylic acids is 1. The van der Waals surface area contributed by atoms with Crippen LogP contribution >= 0.6 is 23.5 Å². The van der Waals surface area contributed by atoms with Gasteiger partial charge in [-0.05, 0) is 67.6 Å². The zero-order valence-corrected chi connectivity index (χ0v) is 20.8. The normalized spacial score (nSPS) is 12.8. The van der Waals surface area contributed by atoms with Gasteiger partial charge in [-0.15, -0.1) is 0 Å². The van der Waals surface area contributed by atoms with Crippen LogP contribution in [0.5, 0.6) is 5.75 Å². The predicted octanol–water partition coefficient (Wildman–Crippen LogP) is 6.94. The van der Waals surface area contributed by atoms with Gasteiger partial charge in [0.2, 0.25) is 5.91 Å². The molecule has 0 fully saturated rings. The van der Waals surface area contributed by atoms with Crippen LogP contribution in [0.1, 0.15) is 12.5 Å². The molecule has 0 saturated heterocycles. The minimum Gasteiger partial charge on any atom is -0.497 e. The van der Waals surface area contributed by atoms with E-state index in [9.17, 15) is 10.1 Å². The number of hydrogen-bond donors (Lipinski definition) is 0. The third-order valence-electron chi connectivity index (χ3n) is 5.66. The fraction of sp³-hybridized carbons (Fsp3) is 0.107. The van der Waals surface area contributed by atoms with Crippen molar-refractivity contribution in [3.63, 3.8) is 0 Å². The lowest BCUT2D eigenvalue weighted by Crippen LogP contribution is -2.34. The van der Waals surface area contributed by atoms with Crippen LogP contribution in [0.15, 0.2) is 99.7 Å². The summed E-state index contributed by atoms with van der Waals surface area (Å²) in [6.45, 7) is 1.86. The van der Waals surface area contributed by atoms with Gasteiger partial charge >= 0.3 is 0 Å². The number of amides is 1. The van der Waals surface area contributed by atoms with Crippen molar-refractivity contribution in [2.24, 2.45) is 0 Å². The summed E-state index contributed by atoms with van der Waals surface area (Å²) in [6, 6.07) is 29.2. The van der Waals surface area contributed by atoms with Gasteiger partial charge in [-0.25, -0.2) is 4.98 Å². The van der Waals surface area contributed by atoms with Crippen molar-refractivity contribution in [2.75, 3.05) is 12.0 Å². The average molecular weight is 496 g/mol. The molecular formula is C28H21N3O2S2. The van der Waals surface area contributed by atoms with Crippen LogP contribution in [0.4, 0.5) is 11.4 Å². The molecule has 3 aromatic carbocycles. The van der Waals surface area contributed by atoms with E-state index in [1.54, 1.807) is 29.8 Å². The van der Waals surface area contributed by atoms with E-state index in [2.05, 4.69) is 6.07 Å². The molecule has 0 bridgehead atoms. The fourth-order valence-electron chi connectivity index (χ4n) is 3.88. The number of carbonyl (C=O) groups is 1. The highest BCUT2D eigenvalue weighted by Crippen LogP contribution is 2.48. The molecule has 0 radical (unpaired) electrons. The minimum absolute atomic E-state index is 0.0595. The monoisotopic (exact) mass is 495 g/mol. The maximum absolute atomic E-state index is 13.8. The summed E-state index contributed by atoms with van der Waals surface area (Å²) in [5.41, 5.74) is 3.83. The Kier molecular flexibility index (Phi) is 6.49. The van der Waals surface area contributed by atoms with Crippen molar-refractivity contribution in [1.82, 2.24) is 4.98 Å². The number of ether oxygens (including phenoxy) is 1. The van der Waals surface area contributed by atoms with Gasteiger partial charge in [0.15, 0.2) is 0 Å². The van der Waals surface area contributed by atoms with E-state index in [0.717, 1.165) is 38.2 Å². The molecule has 1 atom stereocenters. The first-order chi connectivity index (χ1) is 17.1. The van der Waals surface area contributed by atoms with Gasteiger partial charge in [0, 0.05) is 15.4 Å². The Morgan fingerprint density at radius 2 is 1.60 bits per heavy atom. The number of anilines is 2. The van der Waals surface area contributed by atoms with Crippen molar-refractivity contribution in [1.29, 1.82) is 5.26 Å². The summed E-state index contributed by atoms with van der Waals surface area (Å²) >= 11 is 2.97. The number of nitriles is 1. The molecule has 0 spiro atoms. The summed E-state index contributed by atoms with van der Waals surface area (Å²) < 4.78 is 5.24. The Balaban J connectivity index is 1.47. The van der Waals surface area contributed by atoms with Crippen LogP contribution < -0.4 is 9.64 Å². The first-order valence-electron chi connectivity index (χ1n) is 11.0. The van der Waals surface area contributed by atoms with E-state index in [1.807, 2.05) is 85.8 Å². The van der Waals surface area contributed by atoms with Crippen LogP contribution in [0, 0.1) is 11.3 Å². The largest absolute Gasteiger partial charge is 0.497 e. The highest BCUT2D eigenvalue weighted by atomic mass is 32.2. The molecule has 1 aliphatic rings. The van der Waals surface area contributed by atoms with Crippen LogP contribution in [-0.4, -0.2) is 23.3 Å². The van der Waals surface area contributed by atoms with Crippen molar-refractivity contribution >= 4 is 40.8 Å². The van der Waals surface area contributed by atoms with E-state index in [0.29, 0.717) is 10.6 Å². The molecule has 35 heavy (non-hydrogen) atoms. The zero-order chi connectivity index (χ0) is 24.4. The van der Waals surface area contributed by atoms with E-state index in [4.69, 9.17) is 9.72 Å². The Bertz CT molecular complexity index is 1400. The smallest absolute Gasteiger partial charge is 0.244 e. The average Bonchev–Trinajstić information content (AvgIpc) is 2.91. The summed E-state index contributed by atoms with van der Waals surface area (Å²) in [5.74, 6) is 0.701. The molecule has 5 rings (SSSR count). The van der Waals surface area contributed by atoms with Crippen molar-refractivity contribution < 1.29 is 9.53 Å². The highest BCUT2D eigenvalue weighted by Gasteiger charge is 2.31. The maximum Gasteiger partial charge on any atom is 0.244 e. The quantitative estimate of drug-likeness (QED) is 0.279. The number of rotatable bonds is 5. The van der Waals surface area contributed by atoms with E-state index in [-0.39, 0.29) is 5.91 Å². The lowest BCUT2D eigenvalue weighted by Gasteiger charge is -2.32. The van der Waals surface area contributed by atoms with Gasteiger partial charge in [-0.1, -0.05) is 47.8 Å². The van der Waals surface area contributed by atoms with E-state index >= 15 is 0 Å². The molecule has 7 heteroatoms. The Morgan fingerprint density at radius 1 is 0.971 bits per heavy atom. The lowest BCUT2D eigenvalue weighted by molar-refractivity contribution is -0.117.